The zero-order valence-corrected chi connectivity index (χ0v) is 13.5. The Morgan fingerprint density at radius 1 is 1.24 bits per heavy atom. The number of hydrogen-bond donors (Lipinski definition) is 1. The molecule has 0 fully saturated rings. The SMILES string of the molecule is COc1ccc(S(=O)(=O)NCc2ccccc2F)cc1Br. The monoisotopic (exact) mass is 373 g/mol. The van der Waals surface area contributed by atoms with Crippen LogP contribution in [-0.4, -0.2) is 15.5 Å². The highest BCUT2D eigenvalue weighted by Crippen LogP contribution is 2.27. The first kappa shape index (κ1) is 15.9. The van der Waals surface area contributed by atoms with Crippen LogP contribution in [0, 0.1) is 5.82 Å². The Morgan fingerprint density at radius 2 is 1.95 bits per heavy atom. The molecule has 0 saturated heterocycles. The van der Waals surface area contributed by atoms with Gasteiger partial charge in [-0.1, -0.05) is 18.2 Å². The summed E-state index contributed by atoms with van der Waals surface area (Å²) in [5, 5.41) is 0. The number of rotatable bonds is 5. The Bertz CT molecular complexity index is 750. The van der Waals surface area contributed by atoms with Crippen LogP contribution in [0.3, 0.4) is 0 Å². The summed E-state index contributed by atoms with van der Waals surface area (Å²) in [4.78, 5) is 0.0755. The molecule has 2 aromatic rings. The zero-order valence-electron chi connectivity index (χ0n) is 11.1. The number of nitrogens with one attached hydrogen (secondary N) is 1. The van der Waals surface area contributed by atoms with Gasteiger partial charge >= 0.3 is 0 Å². The van der Waals surface area contributed by atoms with Gasteiger partial charge in [0.15, 0.2) is 0 Å². The molecule has 0 bridgehead atoms. The van der Waals surface area contributed by atoms with Gasteiger partial charge in [0, 0.05) is 12.1 Å². The lowest BCUT2D eigenvalue weighted by molar-refractivity contribution is 0.411. The quantitative estimate of drug-likeness (QED) is 0.875. The van der Waals surface area contributed by atoms with Gasteiger partial charge in [-0.3, -0.25) is 0 Å². The second-order valence-corrected chi connectivity index (χ2v) is 6.83. The molecule has 4 nitrogen and oxygen atoms in total. The number of halogens is 2. The molecular formula is C14H13BrFNO3S. The molecule has 0 aliphatic carbocycles. The van der Waals surface area contributed by atoms with Gasteiger partial charge in [0.05, 0.1) is 16.5 Å². The molecule has 0 aliphatic rings. The van der Waals surface area contributed by atoms with E-state index in [4.69, 9.17) is 4.74 Å². The van der Waals surface area contributed by atoms with Crippen molar-refractivity contribution < 1.29 is 17.5 Å². The maximum absolute atomic E-state index is 13.5. The van der Waals surface area contributed by atoms with E-state index in [9.17, 15) is 12.8 Å². The highest BCUT2D eigenvalue weighted by molar-refractivity contribution is 9.10. The summed E-state index contributed by atoms with van der Waals surface area (Å²) in [7, 11) is -2.23. The molecule has 2 rings (SSSR count). The van der Waals surface area contributed by atoms with Crippen LogP contribution in [0.1, 0.15) is 5.56 Å². The number of hydrogen-bond acceptors (Lipinski definition) is 3. The third kappa shape index (κ3) is 3.81. The fraction of sp³-hybridized carbons (Fsp3) is 0.143. The van der Waals surface area contributed by atoms with Crippen LogP contribution in [0.4, 0.5) is 4.39 Å². The van der Waals surface area contributed by atoms with Crippen LogP contribution < -0.4 is 9.46 Å². The summed E-state index contributed by atoms with van der Waals surface area (Å²) in [6, 6.07) is 10.4. The summed E-state index contributed by atoms with van der Waals surface area (Å²) in [5.74, 6) is 0.0826. The summed E-state index contributed by atoms with van der Waals surface area (Å²) in [5.41, 5.74) is 0.286. The predicted octanol–water partition coefficient (Wildman–Crippen LogP) is 3.08. The summed E-state index contributed by atoms with van der Waals surface area (Å²) in [6.45, 7) is -0.112. The molecule has 0 unspecified atom stereocenters. The lowest BCUT2D eigenvalue weighted by Gasteiger charge is -2.09. The topological polar surface area (TPSA) is 55.4 Å². The predicted molar refractivity (Wildman–Crippen MR) is 81.1 cm³/mol. The van der Waals surface area contributed by atoms with Crippen molar-refractivity contribution in [2.24, 2.45) is 0 Å². The molecule has 0 aromatic heterocycles. The second kappa shape index (κ2) is 6.55. The van der Waals surface area contributed by atoms with Crippen LogP contribution >= 0.6 is 15.9 Å². The van der Waals surface area contributed by atoms with Crippen LogP contribution in [0.25, 0.3) is 0 Å². The number of benzene rings is 2. The van der Waals surface area contributed by atoms with E-state index in [0.29, 0.717) is 10.2 Å². The van der Waals surface area contributed by atoms with Crippen LogP contribution in [0.5, 0.6) is 5.75 Å². The van der Waals surface area contributed by atoms with Crippen molar-refractivity contribution in [2.75, 3.05) is 7.11 Å². The Labute approximate surface area is 131 Å². The van der Waals surface area contributed by atoms with Crippen LogP contribution in [0.15, 0.2) is 51.8 Å². The number of sulfonamides is 1. The van der Waals surface area contributed by atoms with E-state index in [1.807, 2.05) is 0 Å². The van der Waals surface area contributed by atoms with E-state index in [2.05, 4.69) is 20.7 Å². The Hall–Kier alpha value is -1.44. The van der Waals surface area contributed by atoms with E-state index >= 15 is 0 Å². The van der Waals surface area contributed by atoms with Gasteiger partial charge in [-0.25, -0.2) is 17.5 Å². The van der Waals surface area contributed by atoms with Crippen molar-refractivity contribution in [3.05, 3.63) is 58.3 Å². The minimum absolute atomic E-state index is 0.0755. The molecule has 7 heteroatoms. The molecule has 0 heterocycles. The van der Waals surface area contributed by atoms with Gasteiger partial charge in [0.1, 0.15) is 11.6 Å². The highest BCUT2D eigenvalue weighted by atomic mass is 79.9. The largest absolute Gasteiger partial charge is 0.496 e. The average Bonchev–Trinajstić information content (AvgIpc) is 2.46. The third-order valence-corrected chi connectivity index (χ3v) is 4.86. The Kier molecular flexibility index (Phi) is 4.97. The third-order valence-electron chi connectivity index (χ3n) is 2.84. The minimum atomic E-state index is -3.72. The smallest absolute Gasteiger partial charge is 0.240 e. The van der Waals surface area contributed by atoms with Crippen molar-refractivity contribution in [1.82, 2.24) is 4.72 Å². The van der Waals surface area contributed by atoms with Gasteiger partial charge in [0.2, 0.25) is 10.0 Å². The van der Waals surface area contributed by atoms with Crippen LogP contribution in [-0.2, 0) is 16.6 Å². The molecule has 0 spiro atoms. The molecule has 0 radical (unpaired) electrons. The summed E-state index contributed by atoms with van der Waals surface area (Å²) >= 11 is 3.23. The van der Waals surface area contributed by atoms with Crippen molar-refractivity contribution in [3.8, 4) is 5.75 Å². The molecule has 0 saturated carbocycles. The normalized spacial score (nSPS) is 11.4. The lowest BCUT2D eigenvalue weighted by atomic mass is 10.2. The molecule has 0 amide bonds. The van der Waals surface area contributed by atoms with Crippen molar-refractivity contribution in [1.29, 1.82) is 0 Å². The average molecular weight is 374 g/mol. The van der Waals surface area contributed by atoms with E-state index in [0.717, 1.165) is 0 Å². The fourth-order valence-electron chi connectivity index (χ4n) is 1.71. The second-order valence-electron chi connectivity index (χ2n) is 4.21. The van der Waals surface area contributed by atoms with Crippen molar-refractivity contribution in [2.45, 2.75) is 11.4 Å². The van der Waals surface area contributed by atoms with Crippen molar-refractivity contribution >= 4 is 26.0 Å². The van der Waals surface area contributed by atoms with E-state index in [-0.39, 0.29) is 17.0 Å². The van der Waals surface area contributed by atoms with Crippen molar-refractivity contribution in [3.63, 3.8) is 0 Å². The van der Waals surface area contributed by atoms with Gasteiger partial charge in [-0.05, 0) is 40.2 Å². The first-order valence-electron chi connectivity index (χ1n) is 6.00. The van der Waals surface area contributed by atoms with Gasteiger partial charge in [-0.15, -0.1) is 0 Å². The number of methoxy groups -OCH3 is 1. The van der Waals surface area contributed by atoms with E-state index in [1.54, 1.807) is 18.2 Å². The van der Waals surface area contributed by atoms with Gasteiger partial charge in [-0.2, -0.15) is 0 Å². The van der Waals surface area contributed by atoms with Gasteiger partial charge < -0.3 is 4.74 Å². The first-order chi connectivity index (χ1) is 9.94. The maximum atomic E-state index is 13.5. The number of ether oxygens (including phenoxy) is 1. The Morgan fingerprint density at radius 3 is 2.57 bits per heavy atom. The standard InChI is InChI=1S/C14H13BrFNO3S/c1-20-14-7-6-11(8-12(14)15)21(18,19)17-9-10-4-2-3-5-13(10)16/h2-8,17H,9H2,1H3. The Balaban J connectivity index is 2.19. The zero-order chi connectivity index (χ0) is 15.5. The van der Waals surface area contributed by atoms with E-state index in [1.165, 1.54) is 31.4 Å². The summed E-state index contributed by atoms with van der Waals surface area (Å²) in [6.07, 6.45) is 0. The maximum Gasteiger partial charge on any atom is 0.240 e. The molecule has 2 aromatic carbocycles. The first-order valence-corrected chi connectivity index (χ1v) is 8.28. The van der Waals surface area contributed by atoms with E-state index < -0.39 is 15.8 Å². The molecule has 0 aliphatic heterocycles. The van der Waals surface area contributed by atoms with Gasteiger partial charge in [0.25, 0.3) is 0 Å². The minimum Gasteiger partial charge on any atom is -0.496 e. The highest BCUT2D eigenvalue weighted by Gasteiger charge is 2.16. The molecule has 112 valence electrons. The molecule has 1 N–H and O–H groups in total. The molecule has 21 heavy (non-hydrogen) atoms. The lowest BCUT2D eigenvalue weighted by Crippen LogP contribution is -2.23. The fourth-order valence-corrected chi connectivity index (χ4v) is 3.44. The molecular weight excluding hydrogens is 361 g/mol. The molecule has 0 atom stereocenters. The summed E-state index contributed by atoms with van der Waals surface area (Å²) < 4.78 is 45.8. The van der Waals surface area contributed by atoms with Crippen LogP contribution in [0.2, 0.25) is 0 Å².